The van der Waals surface area contributed by atoms with E-state index in [1.54, 1.807) is 5.38 Å². The first kappa shape index (κ1) is 20.9. The molecule has 1 saturated carbocycles. The van der Waals surface area contributed by atoms with E-state index in [4.69, 9.17) is 0 Å². The third-order valence-electron chi connectivity index (χ3n) is 6.27. The zero-order chi connectivity index (χ0) is 21.3. The van der Waals surface area contributed by atoms with E-state index in [-0.39, 0.29) is 17.2 Å². The van der Waals surface area contributed by atoms with E-state index in [9.17, 15) is 9.59 Å². The van der Waals surface area contributed by atoms with Crippen LogP contribution in [0.3, 0.4) is 0 Å². The lowest BCUT2D eigenvalue weighted by molar-refractivity contribution is -0.124. The van der Waals surface area contributed by atoms with Crippen molar-refractivity contribution in [3.63, 3.8) is 0 Å². The molecule has 2 aliphatic rings. The Kier molecular flexibility index (Phi) is 5.84. The minimum absolute atomic E-state index is 0.0379. The minimum Gasteiger partial charge on any atom is -0.335 e. The molecule has 1 N–H and O–H groups in total. The molecule has 2 aromatic rings. The number of nitrogens with zero attached hydrogens (tertiary/aromatic N) is 5. The zero-order valence-corrected chi connectivity index (χ0v) is 18.5. The molecule has 0 unspecified atom stereocenters. The van der Waals surface area contributed by atoms with E-state index in [0.717, 1.165) is 43.6 Å². The highest BCUT2D eigenvalue weighted by Crippen LogP contribution is 2.45. The fraction of sp³-hybridized carbons (Fsp3) is 0.571. The summed E-state index contributed by atoms with van der Waals surface area (Å²) in [6.45, 7) is 9.75. The van der Waals surface area contributed by atoms with Gasteiger partial charge >= 0.3 is 0 Å². The molecule has 1 aliphatic carbocycles. The Morgan fingerprint density at radius 2 is 1.97 bits per heavy atom. The second-order valence-electron chi connectivity index (χ2n) is 8.80. The number of hydrogen-bond acceptors (Lipinski definition) is 7. The smallest absolute Gasteiger partial charge is 0.275 e. The second-order valence-corrected chi connectivity index (χ2v) is 9.41. The molecule has 3 heterocycles. The second kappa shape index (κ2) is 8.39. The number of rotatable bonds is 6. The largest absolute Gasteiger partial charge is 0.335 e. The molecule has 2 aromatic heterocycles. The molecule has 2 amide bonds. The number of carbonyl (C=O) groups is 2. The van der Waals surface area contributed by atoms with E-state index in [1.807, 2.05) is 37.9 Å². The van der Waals surface area contributed by atoms with Crippen LogP contribution in [-0.2, 0) is 11.3 Å². The van der Waals surface area contributed by atoms with Gasteiger partial charge in [-0.1, -0.05) is 18.3 Å². The molecule has 0 radical (unpaired) electrons. The Morgan fingerprint density at radius 1 is 1.23 bits per heavy atom. The maximum atomic E-state index is 12.7. The van der Waals surface area contributed by atoms with Gasteiger partial charge in [-0.3, -0.25) is 14.5 Å². The molecule has 4 rings (SSSR count). The summed E-state index contributed by atoms with van der Waals surface area (Å²) in [5.74, 6) is 1.07. The average Bonchev–Trinajstić information content (AvgIpc) is 3.46. The van der Waals surface area contributed by atoms with Crippen LogP contribution in [0.25, 0.3) is 0 Å². The number of anilines is 1. The summed E-state index contributed by atoms with van der Waals surface area (Å²) in [7, 11) is 0. The molecule has 0 bridgehead atoms. The van der Waals surface area contributed by atoms with Gasteiger partial charge in [-0.05, 0) is 54.4 Å². The van der Waals surface area contributed by atoms with Crippen LogP contribution in [-0.4, -0.2) is 62.4 Å². The number of pyridine rings is 1. The molecule has 9 heteroatoms. The molecular weight excluding hydrogens is 400 g/mol. The highest BCUT2D eigenvalue weighted by Gasteiger charge is 2.43. The molecule has 30 heavy (non-hydrogen) atoms. The number of piperazine rings is 1. The van der Waals surface area contributed by atoms with Crippen LogP contribution >= 0.6 is 11.5 Å². The summed E-state index contributed by atoms with van der Waals surface area (Å²) >= 11 is 1.19. The standard InChI is InChI=1S/C21H28N6O2S/c1-14-11-22-18(23-20(29)21(2,3)16-4-5-16)10-15(14)12-26-6-8-27(9-7-26)19(28)17-13-30-25-24-17/h10-11,13,16H,4-9,12H2,1-3H3,(H,22,23,29). The summed E-state index contributed by atoms with van der Waals surface area (Å²) in [6.07, 6.45) is 4.07. The van der Waals surface area contributed by atoms with Crippen molar-refractivity contribution >= 4 is 29.2 Å². The topological polar surface area (TPSA) is 91.3 Å². The van der Waals surface area contributed by atoms with Crippen molar-refractivity contribution in [1.82, 2.24) is 24.4 Å². The lowest BCUT2D eigenvalue weighted by atomic mass is 9.86. The van der Waals surface area contributed by atoms with E-state index < -0.39 is 0 Å². The summed E-state index contributed by atoms with van der Waals surface area (Å²) in [4.78, 5) is 33.7. The highest BCUT2D eigenvalue weighted by atomic mass is 32.1. The number of aryl methyl sites for hydroxylation is 1. The number of nitrogens with one attached hydrogen (secondary N) is 1. The van der Waals surface area contributed by atoms with Crippen molar-refractivity contribution in [2.75, 3.05) is 31.5 Å². The quantitative estimate of drug-likeness (QED) is 0.760. The molecule has 1 saturated heterocycles. The molecule has 8 nitrogen and oxygen atoms in total. The zero-order valence-electron chi connectivity index (χ0n) is 17.7. The van der Waals surface area contributed by atoms with Gasteiger partial charge in [-0.15, -0.1) is 5.10 Å². The number of hydrogen-bond donors (Lipinski definition) is 1. The van der Waals surface area contributed by atoms with Gasteiger partial charge in [0.2, 0.25) is 5.91 Å². The predicted molar refractivity (Wildman–Crippen MR) is 115 cm³/mol. The van der Waals surface area contributed by atoms with Crippen molar-refractivity contribution in [2.45, 2.75) is 40.2 Å². The predicted octanol–water partition coefficient (Wildman–Crippen LogP) is 2.57. The van der Waals surface area contributed by atoms with Crippen LogP contribution in [0.2, 0.25) is 0 Å². The van der Waals surface area contributed by atoms with Crippen molar-refractivity contribution in [1.29, 1.82) is 0 Å². The van der Waals surface area contributed by atoms with Crippen molar-refractivity contribution in [2.24, 2.45) is 11.3 Å². The fourth-order valence-corrected chi connectivity index (χ4v) is 4.27. The van der Waals surface area contributed by atoms with E-state index >= 15 is 0 Å². The minimum atomic E-state index is -0.359. The third kappa shape index (κ3) is 4.52. The maximum absolute atomic E-state index is 12.7. The Hall–Kier alpha value is -2.39. The van der Waals surface area contributed by atoms with Crippen LogP contribution in [0.5, 0.6) is 0 Å². The Morgan fingerprint density at radius 3 is 2.60 bits per heavy atom. The number of amides is 2. The van der Waals surface area contributed by atoms with Crippen LogP contribution in [0.15, 0.2) is 17.6 Å². The van der Waals surface area contributed by atoms with E-state index in [1.165, 1.54) is 11.5 Å². The average molecular weight is 429 g/mol. The molecule has 1 aliphatic heterocycles. The first-order valence-electron chi connectivity index (χ1n) is 10.4. The lowest BCUT2D eigenvalue weighted by Crippen LogP contribution is -2.48. The van der Waals surface area contributed by atoms with Gasteiger partial charge in [0.25, 0.3) is 5.91 Å². The number of aromatic nitrogens is 3. The van der Waals surface area contributed by atoms with Crippen LogP contribution in [0, 0.1) is 18.3 Å². The van der Waals surface area contributed by atoms with Gasteiger partial charge in [0.05, 0.1) is 0 Å². The highest BCUT2D eigenvalue weighted by molar-refractivity contribution is 7.03. The van der Waals surface area contributed by atoms with Crippen LogP contribution in [0.4, 0.5) is 5.82 Å². The first-order chi connectivity index (χ1) is 14.3. The third-order valence-corrected chi connectivity index (χ3v) is 6.78. The summed E-state index contributed by atoms with van der Waals surface area (Å²) in [5.41, 5.74) is 2.31. The van der Waals surface area contributed by atoms with Gasteiger partial charge in [0.1, 0.15) is 5.82 Å². The SMILES string of the molecule is Cc1cnc(NC(=O)C(C)(C)C2CC2)cc1CN1CCN(C(=O)c2csnn2)CC1. The summed E-state index contributed by atoms with van der Waals surface area (Å²) in [6, 6.07) is 1.98. The van der Waals surface area contributed by atoms with Gasteiger partial charge in [-0.2, -0.15) is 0 Å². The fourth-order valence-electron chi connectivity index (χ4n) is 3.84. The van der Waals surface area contributed by atoms with Gasteiger partial charge in [0.15, 0.2) is 5.69 Å². The monoisotopic (exact) mass is 428 g/mol. The van der Waals surface area contributed by atoms with Crippen molar-refractivity contribution in [3.8, 4) is 0 Å². The Balaban J connectivity index is 1.35. The van der Waals surface area contributed by atoms with Crippen LogP contribution in [0.1, 0.15) is 48.3 Å². The number of carbonyl (C=O) groups excluding carboxylic acids is 2. The van der Waals surface area contributed by atoms with Gasteiger partial charge < -0.3 is 10.2 Å². The van der Waals surface area contributed by atoms with Crippen molar-refractivity contribution in [3.05, 3.63) is 34.5 Å². The maximum Gasteiger partial charge on any atom is 0.275 e. The molecule has 0 aromatic carbocycles. The normalized spacial score (nSPS) is 17.8. The van der Waals surface area contributed by atoms with E-state index in [0.29, 0.717) is 30.5 Å². The molecule has 0 spiro atoms. The Labute approximate surface area is 180 Å². The van der Waals surface area contributed by atoms with Gasteiger partial charge in [-0.25, -0.2) is 4.98 Å². The van der Waals surface area contributed by atoms with E-state index in [2.05, 4.69) is 24.8 Å². The lowest BCUT2D eigenvalue weighted by Gasteiger charge is -2.34. The Bertz CT molecular complexity index is 918. The molecule has 2 fully saturated rings. The molecule has 0 atom stereocenters. The summed E-state index contributed by atoms with van der Waals surface area (Å²) in [5, 5.41) is 8.58. The molecular formula is C21H28N6O2S. The summed E-state index contributed by atoms with van der Waals surface area (Å²) < 4.78 is 3.77. The van der Waals surface area contributed by atoms with Crippen LogP contribution < -0.4 is 5.32 Å². The van der Waals surface area contributed by atoms with Crippen molar-refractivity contribution < 1.29 is 9.59 Å². The first-order valence-corrected chi connectivity index (χ1v) is 11.2. The molecule has 160 valence electrons. The van der Waals surface area contributed by atoms with Gasteiger partial charge in [0, 0.05) is 49.7 Å².